The van der Waals surface area contributed by atoms with Crippen LogP contribution >= 0.6 is 11.8 Å². The maximum atomic E-state index is 13.0. The lowest BCUT2D eigenvalue weighted by atomic mass is 9.92. The molecule has 1 atom stereocenters. The van der Waals surface area contributed by atoms with Gasteiger partial charge in [0.2, 0.25) is 0 Å². The molecule has 0 spiro atoms. The second-order valence-electron chi connectivity index (χ2n) is 6.54. The lowest BCUT2D eigenvalue weighted by Crippen LogP contribution is -2.39. The third kappa shape index (κ3) is 3.78. The van der Waals surface area contributed by atoms with E-state index in [1.54, 1.807) is 36.1 Å². The number of methoxy groups -OCH3 is 1. The molecule has 0 fully saturated rings. The average molecular weight is 426 g/mol. The van der Waals surface area contributed by atoms with Gasteiger partial charge in [-0.25, -0.2) is 14.6 Å². The van der Waals surface area contributed by atoms with Crippen LogP contribution in [0.3, 0.4) is 0 Å². The van der Waals surface area contributed by atoms with Crippen LogP contribution in [0.15, 0.2) is 51.3 Å². The summed E-state index contributed by atoms with van der Waals surface area (Å²) in [6.45, 7) is 3.96. The highest BCUT2D eigenvalue weighted by molar-refractivity contribution is 8.17. The Morgan fingerprint density at radius 3 is 2.53 bits per heavy atom. The van der Waals surface area contributed by atoms with Gasteiger partial charge in [0.25, 0.3) is 0 Å². The van der Waals surface area contributed by atoms with Gasteiger partial charge in [-0.1, -0.05) is 25.5 Å². The number of nitrogens with two attached hydrogens (primary N) is 1. The summed E-state index contributed by atoms with van der Waals surface area (Å²) in [5.74, 6) is -0.696. The maximum Gasteiger partial charge on any atom is 0.338 e. The van der Waals surface area contributed by atoms with E-state index in [9.17, 15) is 14.9 Å². The SMILES string of the molecule is CCCC1=C(C(=O)OCC)[C@@H](c2ccc(C(=O)OC)cc2)N2C(=N1)SC(C#N)=C2N. The van der Waals surface area contributed by atoms with Gasteiger partial charge in [0, 0.05) is 0 Å². The van der Waals surface area contributed by atoms with E-state index < -0.39 is 18.0 Å². The first kappa shape index (κ1) is 21.5. The smallest absolute Gasteiger partial charge is 0.338 e. The summed E-state index contributed by atoms with van der Waals surface area (Å²) in [6.07, 6.45) is 1.35. The zero-order valence-corrected chi connectivity index (χ0v) is 17.8. The molecule has 0 aromatic heterocycles. The van der Waals surface area contributed by atoms with Crippen molar-refractivity contribution in [2.24, 2.45) is 10.7 Å². The van der Waals surface area contributed by atoms with Gasteiger partial charge in [0.15, 0.2) is 5.17 Å². The van der Waals surface area contributed by atoms with Gasteiger partial charge in [-0.3, -0.25) is 4.90 Å². The van der Waals surface area contributed by atoms with Crippen molar-refractivity contribution in [3.05, 3.63) is 57.4 Å². The Morgan fingerprint density at radius 2 is 1.97 bits per heavy atom. The van der Waals surface area contributed by atoms with E-state index in [4.69, 9.17) is 15.2 Å². The number of esters is 2. The van der Waals surface area contributed by atoms with Crippen LogP contribution in [0, 0.1) is 11.3 Å². The fourth-order valence-electron chi connectivity index (χ4n) is 3.37. The Labute approximate surface area is 179 Å². The summed E-state index contributed by atoms with van der Waals surface area (Å²) in [5, 5.41) is 9.99. The van der Waals surface area contributed by atoms with Crippen LogP contribution in [0.5, 0.6) is 0 Å². The Hall–Kier alpha value is -3.25. The minimum absolute atomic E-state index is 0.218. The van der Waals surface area contributed by atoms with Crippen molar-refractivity contribution in [2.75, 3.05) is 13.7 Å². The number of carbonyl (C=O) groups excluding carboxylic acids is 2. The number of hydrogen-bond donors (Lipinski definition) is 1. The van der Waals surface area contributed by atoms with Crippen LogP contribution in [0.2, 0.25) is 0 Å². The minimum Gasteiger partial charge on any atom is -0.465 e. The number of hydrogen-bond acceptors (Lipinski definition) is 9. The standard InChI is InChI=1S/C21H22N4O4S/c1-4-6-14-16(20(27)29-5-2)17(12-7-9-13(10-8-12)19(26)28-3)25-18(23)15(11-22)30-21(25)24-14/h7-10,17H,4-6,23H2,1-3H3/t17-/m1/s1. The molecule has 30 heavy (non-hydrogen) atoms. The first-order valence-electron chi connectivity index (χ1n) is 9.50. The molecular weight excluding hydrogens is 404 g/mol. The number of nitriles is 1. The first-order valence-corrected chi connectivity index (χ1v) is 10.3. The number of nitrogens with zero attached hydrogens (tertiary/aromatic N) is 3. The molecule has 0 saturated heterocycles. The minimum atomic E-state index is -0.622. The molecule has 1 aromatic carbocycles. The van der Waals surface area contributed by atoms with E-state index in [0.717, 1.165) is 12.0 Å². The number of rotatable bonds is 6. The largest absolute Gasteiger partial charge is 0.465 e. The van der Waals surface area contributed by atoms with E-state index in [2.05, 4.69) is 11.1 Å². The number of ether oxygens (including phenoxy) is 2. The van der Waals surface area contributed by atoms with E-state index in [1.165, 1.54) is 18.9 Å². The summed E-state index contributed by atoms with van der Waals surface area (Å²) < 4.78 is 10.1. The van der Waals surface area contributed by atoms with E-state index in [-0.39, 0.29) is 12.4 Å². The summed E-state index contributed by atoms with van der Waals surface area (Å²) in [6, 6.07) is 8.21. The molecule has 0 unspecified atom stereocenters. The highest BCUT2D eigenvalue weighted by atomic mass is 32.2. The summed E-state index contributed by atoms with van der Waals surface area (Å²) in [4.78, 5) is 31.4. The second-order valence-corrected chi connectivity index (χ2v) is 7.52. The van der Waals surface area contributed by atoms with Gasteiger partial charge < -0.3 is 15.2 Å². The summed E-state index contributed by atoms with van der Waals surface area (Å²) >= 11 is 1.18. The molecule has 2 heterocycles. The molecule has 1 aromatic rings. The van der Waals surface area contributed by atoms with Crippen LogP contribution in [0.25, 0.3) is 0 Å². The van der Waals surface area contributed by atoms with Crippen molar-refractivity contribution < 1.29 is 19.1 Å². The number of thioether (sulfide) groups is 1. The molecule has 9 heteroatoms. The van der Waals surface area contributed by atoms with Gasteiger partial charge >= 0.3 is 11.9 Å². The first-order chi connectivity index (χ1) is 14.5. The van der Waals surface area contributed by atoms with E-state index in [0.29, 0.717) is 33.3 Å². The number of benzene rings is 1. The van der Waals surface area contributed by atoms with Gasteiger partial charge in [-0.15, -0.1) is 0 Å². The lowest BCUT2D eigenvalue weighted by molar-refractivity contribution is -0.139. The Morgan fingerprint density at radius 1 is 1.27 bits per heavy atom. The predicted molar refractivity (Wildman–Crippen MR) is 113 cm³/mol. The molecule has 2 N–H and O–H groups in total. The molecule has 2 aliphatic heterocycles. The number of amidine groups is 1. The highest BCUT2D eigenvalue weighted by Gasteiger charge is 2.43. The zero-order chi connectivity index (χ0) is 21.8. The molecule has 3 rings (SSSR count). The van der Waals surface area contributed by atoms with Crippen LogP contribution in [0.4, 0.5) is 0 Å². The third-order valence-corrected chi connectivity index (χ3v) is 5.67. The van der Waals surface area contributed by atoms with Crippen LogP contribution in [-0.4, -0.2) is 35.7 Å². The monoisotopic (exact) mass is 426 g/mol. The average Bonchev–Trinajstić information content (AvgIpc) is 3.08. The molecule has 156 valence electrons. The number of carbonyl (C=O) groups is 2. The van der Waals surface area contributed by atoms with Gasteiger partial charge in [-0.05, 0) is 42.8 Å². The second kappa shape index (κ2) is 9.05. The Balaban J connectivity index is 2.18. The van der Waals surface area contributed by atoms with Crippen molar-refractivity contribution in [1.29, 1.82) is 5.26 Å². The van der Waals surface area contributed by atoms with Gasteiger partial charge in [0.05, 0.1) is 36.6 Å². The molecule has 8 nitrogen and oxygen atoms in total. The zero-order valence-electron chi connectivity index (χ0n) is 17.0. The summed E-state index contributed by atoms with van der Waals surface area (Å²) in [7, 11) is 1.31. The fraction of sp³-hybridized carbons (Fsp3) is 0.333. The van der Waals surface area contributed by atoms with E-state index >= 15 is 0 Å². The quantitative estimate of drug-likeness (QED) is 0.689. The van der Waals surface area contributed by atoms with Gasteiger partial charge in [0.1, 0.15) is 16.8 Å². The molecule has 0 radical (unpaired) electrons. The van der Waals surface area contributed by atoms with Gasteiger partial charge in [-0.2, -0.15) is 5.26 Å². The Kier molecular flexibility index (Phi) is 6.47. The molecular formula is C21H22N4O4S. The van der Waals surface area contributed by atoms with Crippen LogP contribution < -0.4 is 5.73 Å². The van der Waals surface area contributed by atoms with Crippen LogP contribution in [-0.2, 0) is 14.3 Å². The maximum absolute atomic E-state index is 13.0. The molecule has 2 aliphatic rings. The normalized spacial score (nSPS) is 18.0. The third-order valence-electron chi connectivity index (χ3n) is 4.70. The predicted octanol–water partition coefficient (Wildman–Crippen LogP) is 3.20. The topological polar surface area (TPSA) is 118 Å². The van der Waals surface area contributed by atoms with Crippen molar-refractivity contribution >= 4 is 28.9 Å². The summed E-state index contributed by atoms with van der Waals surface area (Å²) in [5.41, 5.74) is 8.36. The molecule has 0 amide bonds. The van der Waals surface area contributed by atoms with Crippen molar-refractivity contribution in [3.63, 3.8) is 0 Å². The molecule has 0 aliphatic carbocycles. The Bertz CT molecular complexity index is 1000. The van der Waals surface area contributed by atoms with Crippen molar-refractivity contribution in [1.82, 2.24) is 4.90 Å². The van der Waals surface area contributed by atoms with Crippen LogP contribution in [0.1, 0.15) is 48.7 Å². The highest BCUT2D eigenvalue weighted by Crippen LogP contribution is 2.46. The number of fused-ring (bicyclic) bond motifs is 1. The van der Waals surface area contributed by atoms with E-state index in [1.807, 2.05) is 6.92 Å². The van der Waals surface area contributed by atoms with Crippen molar-refractivity contribution in [3.8, 4) is 6.07 Å². The molecule has 0 saturated carbocycles. The fourth-order valence-corrected chi connectivity index (χ4v) is 4.26. The number of allylic oxidation sites excluding steroid dienone is 2. The lowest BCUT2D eigenvalue weighted by Gasteiger charge is -2.35. The van der Waals surface area contributed by atoms with Crippen molar-refractivity contribution in [2.45, 2.75) is 32.7 Å². The molecule has 0 bridgehead atoms. The number of aliphatic imine (C=N–C) groups is 1.